The summed E-state index contributed by atoms with van der Waals surface area (Å²) in [6, 6.07) is 18.4. The predicted octanol–water partition coefficient (Wildman–Crippen LogP) is 3.81. The molecule has 1 aliphatic heterocycles. The van der Waals surface area contributed by atoms with Crippen molar-refractivity contribution in [1.29, 1.82) is 0 Å². The van der Waals surface area contributed by atoms with Gasteiger partial charge in [0, 0.05) is 42.7 Å². The van der Waals surface area contributed by atoms with Gasteiger partial charge in [0.15, 0.2) is 0 Å². The Morgan fingerprint density at radius 2 is 1.86 bits per heavy atom. The highest BCUT2D eigenvalue weighted by atomic mass is 32.1. The van der Waals surface area contributed by atoms with Gasteiger partial charge in [-0.3, -0.25) is 4.90 Å². The van der Waals surface area contributed by atoms with Crippen LogP contribution in [0, 0.1) is 0 Å². The summed E-state index contributed by atoms with van der Waals surface area (Å²) in [5.41, 5.74) is 3.23. The van der Waals surface area contributed by atoms with Gasteiger partial charge in [-0.15, -0.1) is 11.3 Å². The molecular weight excluding hydrogens is 382 g/mol. The van der Waals surface area contributed by atoms with Gasteiger partial charge >= 0.3 is 0 Å². The molecule has 1 aromatic heterocycles. The van der Waals surface area contributed by atoms with E-state index in [-0.39, 0.29) is 6.23 Å². The van der Waals surface area contributed by atoms with Crippen molar-refractivity contribution in [2.75, 3.05) is 39.8 Å². The Hall–Kier alpha value is -2.25. The summed E-state index contributed by atoms with van der Waals surface area (Å²) in [6.45, 7) is 4.12. The fraction of sp³-hybridized carbons (Fsp3) is 0.348. The SMILES string of the molecule is CN1CCN(CCCOc2ccc(-c3csc(-c4ccccc4)n3)cc2)C(O)C1. The third-order valence-corrected chi connectivity index (χ3v) is 6.09. The standard InChI is InChI=1S/C23H27N3O2S/c1-25-13-14-26(22(27)16-25)12-5-15-28-20-10-8-18(9-11-20)21-17-29-23(24-21)19-6-3-2-4-7-19/h2-4,6-11,17,22,27H,5,12-16H2,1H3. The molecule has 1 atom stereocenters. The number of likely N-dealkylation sites (N-methyl/N-ethyl adjacent to an activating group) is 1. The zero-order valence-corrected chi connectivity index (χ0v) is 17.5. The highest BCUT2D eigenvalue weighted by Gasteiger charge is 2.22. The molecule has 2 aromatic carbocycles. The van der Waals surface area contributed by atoms with E-state index in [1.165, 1.54) is 0 Å². The quantitative estimate of drug-likeness (QED) is 0.602. The van der Waals surface area contributed by atoms with Gasteiger partial charge in [-0.25, -0.2) is 4.98 Å². The van der Waals surface area contributed by atoms with Crippen LogP contribution < -0.4 is 4.74 Å². The molecule has 1 fully saturated rings. The minimum absolute atomic E-state index is 0.369. The first kappa shape index (κ1) is 20.0. The van der Waals surface area contributed by atoms with Gasteiger partial charge in [-0.2, -0.15) is 0 Å². The Balaban J connectivity index is 1.27. The molecule has 0 spiro atoms. The highest BCUT2D eigenvalue weighted by molar-refractivity contribution is 7.13. The number of hydrogen-bond donors (Lipinski definition) is 1. The molecule has 29 heavy (non-hydrogen) atoms. The van der Waals surface area contributed by atoms with Crippen molar-refractivity contribution >= 4 is 11.3 Å². The average molecular weight is 410 g/mol. The lowest BCUT2D eigenvalue weighted by Crippen LogP contribution is -2.52. The van der Waals surface area contributed by atoms with Gasteiger partial charge in [0.05, 0.1) is 12.3 Å². The van der Waals surface area contributed by atoms with Gasteiger partial charge in [-0.1, -0.05) is 30.3 Å². The van der Waals surface area contributed by atoms with E-state index in [2.05, 4.69) is 39.4 Å². The van der Waals surface area contributed by atoms with Crippen LogP contribution in [0.4, 0.5) is 0 Å². The highest BCUT2D eigenvalue weighted by Crippen LogP contribution is 2.29. The molecule has 3 aromatic rings. The van der Waals surface area contributed by atoms with E-state index in [1.54, 1.807) is 11.3 Å². The van der Waals surface area contributed by atoms with E-state index < -0.39 is 0 Å². The number of rotatable bonds is 7. The lowest BCUT2D eigenvalue weighted by atomic mass is 10.1. The zero-order valence-electron chi connectivity index (χ0n) is 16.7. The second kappa shape index (κ2) is 9.50. The molecule has 0 amide bonds. The van der Waals surface area contributed by atoms with Crippen LogP contribution in [0.1, 0.15) is 6.42 Å². The fourth-order valence-corrected chi connectivity index (χ4v) is 4.33. The Labute approximate surface area is 176 Å². The second-order valence-electron chi connectivity index (χ2n) is 7.41. The maximum atomic E-state index is 10.1. The van der Waals surface area contributed by atoms with Crippen LogP contribution in [0.25, 0.3) is 21.8 Å². The van der Waals surface area contributed by atoms with Crippen molar-refractivity contribution in [1.82, 2.24) is 14.8 Å². The summed E-state index contributed by atoms with van der Waals surface area (Å²) in [5, 5.41) is 13.2. The largest absolute Gasteiger partial charge is 0.494 e. The molecular formula is C23H27N3O2S. The van der Waals surface area contributed by atoms with Gasteiger partial charge < -0.3 is 14.7 Å². The van der Waals surface area contributed by atoms with Crippen LogP contribution in [-0.4, -0.2) is 66.0 Å². The van der Waals surface area contributed by atoms with Crippen LogP contribution in [-0.2, 0) is 0 Å². The van der Waals surface area contributed by atoms with Crippen molar-refractivity contribution < 1.29 is 9.84 Å². The van der Waals surface area contributed by atoms with Crippen molar-refractivity contribution in [3.05, 3.63) is 60.0 Å². The van der Waals surface area contributed by atoms with Gasteiger partial charge in [0.2, 0.25) is 0 Å². The molecule has 1 N–H and O–H groups in total. The first-order valence-electron chi connectivity index (χ1n) is 10.0. The third-order valence-electron chi connectivity index (χ3n) is 5.20. The van der Waals surface area contributed by atoms with Crippen LogP contribution >= 0.6 is 11.3 Å². The minimum atomic E-state index is -0.369. The molecule has 1 aliphatic rings. The van der Waals surface area contributed by atoms with Gasteiger partial charge in [0.1, 0.15) is 17.0 Å². The van der Waals surface area contributed by atoms with Crippen molar-refractivity contribution in [3.63, 3.8) is 0 Å². The molecule has 1 saturated heterocycles. The number of hydrogen-bond acceptors (Lipinski definition) is 6. The summed E-state index contributed by atoms with van der Waals surface area (Å²) in [4.78, 5) is 9.05. The Kier molecular flexibility index (Phi) is 6.56. The molecule has 2 heterocycles. The number of ether oxygens (including phenoxy) is 1. The number of aliphatic hydroxyl groups excluding tert-OH is 1. The first-order valence-corrected chi connectivity index (χ1v) is 10.9. The lowest BCUT2D eigenvalue weighted by Gasteiger charge is -2.36. The van der Waals surface area contributed by atoms with Crippen molar-refractivity contribution in [2.45, 2.75) is 12.6 Å². The van der Waals surface area contributed by atoms with E-state index in [0.29, 0.717) is 13.2 Å². The summed E-state index contributed by atoms with van der Waals surface area (Å²) in [6.07, 6.45) is 0.529. The number of benzene rings is 2. The summed E-state index contributed by atoms with van der Waals surface area (Å²) in [5.74, 6) is 0.867. The number of aliphatic hydroxyl groups is 1. The van der Waals surface area contributed by atoms with E-state index in [1.807, 2.05) is 37.4 Å². The first-order chi connectivity index (χ1) is 14.2. The number of β-amino-alcohol motifs (C(OH)–C–C–N with tert-alkyl or cyclic N) is 1. The molecule has 6 heteroatoms. The van der Waals surface area contributed by atoms with E-state index in [9.17, 15) is 5.11 Å². The van der Waals surface area contributed by atoms with Crippen molar-refractivity contribution in [2.24, 2.45) is 0 Å². The topological polar surface area (TPSA) is 48.8 Å². The zero-order chi connectivity index (χ0) is 20.1. The minimum Gasteiger partial charge on any atom is -0.494 e. The summed E-state index contributed by atoms with van der Waals surface area (Å²) >= 11 is 1.66. The summed E-state index contributed by atoms with van der Waals surface area (Å²) < 4.78 is 5.88. The van der Waals surface area contributed by atoms with Gasteiger partial charge in [-0.05, 0) is 37.7 Å². The number of piperazine rings is 1. The number of thiazole rings is 1. The lowest BCUT2D eigenvalue weighted by molar-refractivity contribution is -0.0502. The normalized spacial score (nSPS) is 18.1. The fourth-order valence-electron chi connectivity index (χ4n) is 3.49. The summed E-state index contributed by atoms with van der Waals surface area (Å²) in [7, 11) is 2.04. The maximum absolute atomic E-state index is 10.1. The smallest absolute Gasteiger partial charge is 0.124 e. The Bertz CT molecular complexity index is 898. The van der Waals surface area contributed by atoms with Gasteiger partial charge in [0.25, 0.3) is 0 Å². The van der Waals surface area contributed by atoms with Crippen LogP contribution in [0.2, 0.25) is 0 Å². The van der Waals surface area contributed by atoms with Crippen molar-refractivity contribution in [3.8, 4) is 27.6 Å². The number of nitrogens with zero attached hydrogens (tertiary/aromatic N) is 3. The molecule has 0 bridgehead atoms. The van der Waals surface area contributed by atoms with E-state index in [4.69, 9.17) is 9.72 Å². The predicted molar refractivity (Wildman–Crippen MR) is 118 cm³/mol. The molecule has 0 aliphatic carbocycles. The molecule has 0 radical (unpaired) electrons. The van der Waals surface area contributed by atoms with Crippen LogP contribution in [0.5, 0.6) is 5.75 Å². The third kappa shape index (κ3) is 5.22. The molecule has 4 rings (SSSR count). The molecule has 1 unspecified atom stereocenters. The Morgan fingerprint density at radius 1 is 1.07 bits per heavy atom. The second-order valence-corrected chi connectivity index (χ2v) is 8.27. The average Bonchev–Trinajstić information content (AvgIpc) is 3.24. The monoisotopic (exact) mass is 409 g/mol. The molecule has 0 saturated carbocycles. The molecule has 152 valence electrons. The maximum Gasteiger partial charge on any atom is 0.124 e. The Morgan fingerprint density at radius 3 is 2.62 bits per heavy atom. The van der Waals surface area contributed by atoms with E-state index in [0.717, 1.165) is 53.6 Å². The van der Waals surface area contributed by atoms with Crippen LogP contribution in [0.3, 0.4) is 0 Å². The molecule has 5 nitrogen and oxygen atoms in total. The van der Waals surface area contributed by atoms with E-state index >= 15 is 0 Å². The van der Waals surface area contributed by atoms with Crippen LogP contribution in [0.15, 0.2) is 60.0 Å². The number of aromatic nitrogens is 1.